The summed E-state index contributed by atoms with van der Waals surface area (Å²) in [4.78, 5) is 10.9. The van der Waals surface area contributed by atoms with E-state index in [0.29, 0.717) is 0 Å². The highest BCUT2D eigenvalue weighted by molar-refractivity contribution is 7.90. The first kappa shape index (κ1) is 14.0. The van der Waals surface area contributed by atoms with E-state index in [1.807, 2.05) is 18.2 Å². The molecule has 0 aliphatic carbocycles. The summed E-state index contributed by atoms with van der Waals surface area (Å²) >= 11 is 0. The Morgan fingerprint density at radius 2 is 2.11 bits per heavy atom. The van der Waals surface area contributed by atoms with Gasteiger partial charge in [-0.3, -0.25) is 4.79 Å². The van der Waals surface area contributed by atoms with Crippen LogP contribution in [-0.4, -0.2) is 27.2 Å². The average Bonchev–Trinajstić information content (AvgIpc) is 2.83. The van der Waals surface area contributed by atoms with Gasteiger partial charge in [0.05, 0.1) is 7.11 Å². The number of benzene rings is 1. The minimum atomic E-state index is -3.65. The van der Waals surface area contributed by atoms with Crippen LogP contribution in [0.3, 0.4) is 0 Å². The Balaban J connectivity index is 1.97. The topological polar surface area (TPSA) is 84.5 Å². The van der Waals surface area contributed by atoms with Crippen molar-refractivity contribution >= 4 is 16.0 Å². The van der Waals surface area contributed by atoms with Gasteiger partial charge in [-0.15, -0.1) is 0 Å². The molecule has 2 N–H and O–H groups in total. The summed E-state index contributed by atoms with van der Waals surface area (Å²) in [6.45, 7) is 1.83. The molecule has 1 aliphatic heterocycles. The number of carbonyl (C=O) groups excluding carboxylic acids is 1. The van der Waals surface area contributed by atoms with Crippen molar-refractivity contribution in [3.63, 3.8) is 0 Å². The quantitative estimate of drug-likeness (QED) is 0.737. The Bertz CT molecular complexity index is 583. The Labute approximate surface area is 112 Å². The molecule has 0 aromatic heterocycles. The van der Waals surface area contributed by atoms with Crippen LogP contribution in [0.5, 0.6) is 0 Å². The molecule has 104 valence electrons. The molecule has 1 aromatic carbocycles. The van der Waals surface area contributed by atoms with Gasteiger partial charge in [0.1, 0.15) is 0 Å². The van der Waals surface area contributed by atoms with Gasteiger partial charge in [0.2, 0.25) is 10.0 Å². The van der Waals surface area contributed by atoms with E-state index in [0.717, 1.165) is 25.8 Å². The summed E-state index contributed by atoms with van der Waals surface area (Å²) in [5, 5.41) is 3.22. The fraction of sp³-hybridized carbons (Fsp3) is 0.417. The van der Waals surface area contributed by atoms with E-state index >= 15 is 0 Å². The molecule has 1 heterocycles. The standard InChI is InChI=1S/C12H16N2O4S/c1-18-12(15)8-19(16,17)14-5-9-2-3-10-6-13-7-11(10)4-9/h2-4,13-14H,5-8H2,1H3. The second-order valence-electron chi connectivity index (χ2n) is 4.36. The highest BCUT2D eigenvalue weighted by Gasteiger charge is 2.17. The zero-order valence-electron chi connectivity index (χ0n) is 10.6. The van der Waals surface area contributed by atoms with Gasteiger partial charge in [0.25, 0.3) is 0 Å². The Hall–Kier alpha value is -1.44. The Kier molecular flexibility index (Phi) is 4.18. The molecule has 7 heteroatoms. The van der Waals surface area contributed by atoms with Gasteiger partial charge in [0.15, 0.2) is 5.75 Å². The molecule has 1 aliphatic rings. The van der Waals surface area contributed by atoms with Crippen LogP contribution in [0.25, 0.3) is 0 Å². The average molecular weight is 284 g/mol. The molecule has 0 atom stereocenters. The number of nitrogens with one attached hydrogen (secondary N) is 2. The molecular weight excluding hydrogens is 268 g/mol. The lowest BCUT2D eigenvalue weighted by atomic mass is 10.1. The summed E-state index contributed by atoms with van der Waals surface area (Å²) in [6.07, 6.45) is 0. The minimum absolute atomic E-state index is 0.173. The second kappa shape index (κ2) is 5.68. The predicted octanol–water partition coefficient (Wildman–Crippen LogP) is -0.118. The third-order valence-electron chi connectivity index (χ3n) is 2.93. The van der Waals surface area contributed by atoms with Crippen molar-refractivity contribution in [2.24, 2.45) is 0 Å². The lowest BCUT2D eigenvalue weighted by molar-refractivity contribution is -0.137. The number of carbonyl (C=O) groups is 1. The van der Waals surface area contributed by atoms with Gasteiger partial charge in [-0.05, 0) is 16.7 Å². The summed E-state index contributed by atoms with van der Waals surface area (Å²) in [6, 6.07) is 5.84. The molecule has 6 nitrogen and oxygen atoms in total. The minimum Gasteiger partial charge on any atom is -0.468 e. The smallest absolute Gasteiger partial charge is 0.322 e. The molecule has 0 amide bonds. The molecule has 0 radical (unpaired) electrons. The van der Waals surface area contributed by atoms with Crippen molar-refractivity contribution in [1.29, 1.82) is 0 Å². The SMILES string of the molecule is COC(=O)CS(=O)(=O)NCc1ccc2c(c1)CNC2. The fourth-order valence-electron chi connectivity index (χ4n) is 1.92. The third kappa shape index (κ3) is 3.76. The molecule has 0 bridgehead atoms. The van der Waals surface area contributed by atoms with E-state index in [-0.39, 0.29) is 6.54 Å². The molecule has 0 unspecified atom stereocenters. The monoisotopic (exact) mass is 284 g/mol. The van der Waals surface area contributed by atoms with Crippen LogP contribution >= 0.6 is 0 Å². The molecular formula is C12H16N2O4S. The van der Waals surface area contributed by atoms with Gasteiger partial charge >= 0.3 is 5.97 Å². The number of methoxy groups -OCH3 is 1. The van der Waals surface area contributed by atoms with E-state index < -0.39 is 21.7 Å². The highest BCUT2D eigenvalue weighted by Crippen LogP contribution is 2.16. The number of ether oxygens (including phenoxy) is 1. The molecule has 1 aromatic rings. The molecule has 2 rings (SSSR count). The van der Waals surface area contributed by atoms with Gasteiger partial charge in [-0.25, -0.2) is 13.1 Å². The van der Waals surface area contributed by atoms with Crippen LogP contribution in [0.15, 0.2) is 18.2 Å². The predicted molar refractivity (Wildman–Crippen MR) is 69.6 cm³/mol. The summed E-state index contributed by atoms with van der Waals surface area (Å²) in [7, 11) is -2.49. The van der Waals surface area contributed by atoms with Crippen molar-refractivity contribution in [3.05, 3.63) is 34.9 Å². The van der Waals surface area contributed by atoms with E-state index in [4.69, 9.17) is 0 Å². The largest absolute Gasteiger partial charge is 0.468 e. The second-order valence-corrected chi connectivity index (χ2v) is 6.17. The maximum atomic E-state index is 11.6. The number of rotatable bonds is 5. The number of fused-ring (bicyclic) bond motifs is 1. The first-order valence-electron chi connectivity index (χ1n) is 5.86. The van der Waals surface area contributed by atoms with Crippen molar-refractivity contribution in [1.82, 2.24) is 10.0 Å². The number of sulfonamides is 1. The fourth-order valence-corrected chi connectivity index (χ4v) is 2.83. The lowest BCUT2D eigenvalue weighted by Gasteiger charge is -2.07. The Morgan fingerprint density at radius 3 is 2.84 bits per heavy atom. The van der Waals surface area contributed by atoms with Crippen LogP contribution in [0.1, 0.15) is 16.7 Å². The maximum absolute atomic E-state index is 11.6. The van der Waals surface area contributed by atoms with Crippen molar-refractivity contribution in [3.8, 4) is 0 Å². The van der Waals surface area contributed by atoms with Crippen LogP contribution in [0.4, 0.5) is 0 Å². The molecule has 0 spiro atoms. The molecule has 19 heavy (non-hydrogen) atoms. The van der Waals surface area contributed by atoms with Gasteiger partial charge in [-0.1, -0.05) is 18.2 Å². The van der Waals surface area contributed by atoms with Crippen molar-refractivity contribution in [2.45, 2.75) is 19.6 Å². The van der Waals surface area contributed by atoms with E-state index in [9.17, 15) is 13.2 Å². The van der Waals surface area contributed by atoms with Crippen LogP contribution in [-0.2, 0) is 39.2 Å². The van der Waals surface area contributed by atoms with E-state index in [1.54, 1.807) is 0 Å². The van der Waals surface area contributed by atoms with Crippen LogP contribution in [0.2, 0.25) is 0 Å². The normalized spacial score (nSPS) is 14.2. The molecule has 0 saturated carbocycles. The maximum Gasteiger partial charge on any atom is 0.322 e. The van der Waals surface area contributed by atoms with E-state index in [1.165, 1.54) is 11.1 Å². The third-order valence-corrected chi connectivity index (χ3v) is 4.13. The molecule has 0 fully saturated rings. The van der Waals surface area contributed by atoms with E-state index in [2.05, 4.69) is 14.8 Å². The summed E-state index contributed by atoms with van der Waals surface area (Å²) in [5.41, 5.74) is 3.29. The van der Waals surface area contributed by atoms with Gasteiger partial charge in [-0.2, -0.15) is 0 Å². The zero-order valence-corrected chi connectivity index (χ0v) is 11.4. The van der Waals surface area contributed by atoms with Gasteiger partial charge in [0, 0.05) is 19.6 Å². The first-order valence-corrected chi connectivity index (χ1v) is 7.51. The number of hydrogen-bond acceptors (Lipinski definition) is 5. The highest BCUT2D eigenvalue weighted by atomic mass is 32.2. The van der Waals surface area contributed by atoms with Crippen molar-refractivity contribution < 1.29 is 17.9 Å². The van der Waals surface area contributed by atoms with Gasteiger partial charge < -0.3 is 10.1 Å². The number of hydrogen-bond donors (Lipinski definition) is 2. The molecule has 0 saturated heterocycles. The van der Waals surface area contributed by atoms with Crippen LogP contribution in [0, 0.1) is 0 Å². The summed E-state index contributed by atoms with van der Waals surface area (Å²) < 4.78 is 29.9. The van der Waals surface area contributed by atoms with Crippen LogP contribution < -0.4 is 10.0 Å². The lowest BCUT2D eigenvalue weighted by Crippen LogP contribution is -2.30. The zero-order chi connectivity index (χ0) is 13.9. The summed E-state index contributed by atoms with van der Waals surface area (Å²) in [5.74, 6) is -1.43. The number of esters is 1. The first-order chi connectivity index (χ1) is 9.00. The Morgan fingerprint density at radius 1 is 1.37 bits per heavy atom. The van der Waals surface area contributed by atoms with Crippen molar-refractivity contribution in [2.75, 3.05) is 12.9 Å².